The number of hydrogen-bond donors (Lipinski definition) is 2. The lowest BCUT2D eigenvalue weighted by Crippen LogP contribution is -2.57. The van der Waals surface area contributed by atoms with Crippen molar-refractivity contribution in [1.29, 1.82) is 0 Å². The summed E-state index contributed by atoms with van der Waals surface area (Å²) in [5, 5.41) is 13.3. The summed E-state index contributed by atoms with van der Waals surface area (Å²) in [6.07, 6.45) is 3.33. The molecule has 1 aliphatic heterocycles. The first kappa shape index (κ1) is 23.3. The second-order valence-corrected chi connectivity index (χ2v) is 9.53. The van der Waals surface area contributed by atoms with Crippen molar-refractivity contribution in [3.8, 4) is 5.75 Å². The molecule has 3 rings (SSSR count). The van der Waals surface area contributed by atoms with Gasteiger partial charge < -0.3 is 10.4 Å². The molecule has 31 heavy (non-hydrogen) atoms. The van der Waals surface area contributed by atoms with Gasteiger partial charge in [0.2, 0.25) is 5.91 Å². The van der Waals surface area contributed by atoms with Crippen molar-refractivity contribution >= 4 is 5.91 Å². The number of phenols is 1. The van der Waals surface area contributed by atoms with E-state index in [4.69, 9.17) is 0 Å². The Morgan fingerprint density at radius 1 is 1.13 bits per heavy atom. The number of aromatic hydroxyl groups is 1. The number of piperidine rings is 1. The van der Waals surface area contributed by atoms with E-state index in [1.54, 1.807) is 6.07 Å². The monoisotopic (exact) mass is 422 g/mol. The van der Waals surface area contributed by atoms with Crippen LogP contribution in [0.25, 0.3) is 0 Å². The molecule has 0 saturated carbocycles. The third-order valence-corrected chi connectivity index (χ3v) is 6.82. The van der Waals surface area contributed by atoms with Gasteiger partial charge in [0.25, 0.3) is 0 Å². The van der Waals surface area contributed by atoms with Gasteiger partial charge >= 0.3 is 0 Å². The molecule has 1 aliphatic rings. The number of rotatable bonds is 8. The molecule has 0 bridgehead atoms. The molecule has 0 aromatic heterocycles. The summed E-state index contributed by atoms with van der Waals surface area (Å²) in [4.78, 5) is 15.3. The topological polar surface area (TPSA) is 52.6 Å². The zero-order valence-corrected chi connectivity index (χ0v) is 19.4. The Morgan fingerprint density at radius 2 is 1.87 bits per heavy atom. The smallest absolute Gasteiger partial charge is 0.221 e. The molecule has 1 fully saturated rings. The summed E-state index contributed by atoms with van der Waals surface area (Å²) in [5.41, 5.74) is 2.42. The summed E-state index contributed by atoms with van der Waals surface area (Å²) < 4.78 is 0. The number of aryl methyl sites for hydroxylation is 1. The minimum absolute atomic E-state index is 0.0610. The molecule has 0 radical (unpaired) electrons. The van der Waals surface area contributed by atoms with E-state index in [9.17, 15) is 9.90 Å². The van der Waals surface area contributed by atoms with Gasteiger partial charge in [0, 0.05) is 19.0 Å². The molecule has 4 heteroatoms. The van der Waals surface area contributed by atoms with E-state index in [2.05, 4.69) is 56.1 Å². The van der Waals surface area contributed by atoms with Crippen LogP contribution in [0.4, 0.5) is 0 Å². The van der Waals surface area contributed by atoms with Crippen LogP contribution in [0.3, 0.4) is 0 Å². The van der Waals surface area contributed by atoms with Crippen LogP contribution < -0.4 is 5.32 Å². The quantitative estimate of drug-likeness (QED) is 0.605. The SMILES string of the molecule is CC(C)CC(NC(=O)CCc1ccccc1)N1CC[C@@H](c2cccc(O)c2)[C@@H](C)[C@@H]1C. The number of nitrogens with zero attached hydrogens (tertiary/aromatic N) is 1. The normalized spacial score (nSPS) is 22.9. The molecule has 2 aromatic rings. The third-order valence-electron chi connectivity index (χ3n) is 6.82. The van der Waals surface area contributed by atoms with E-state index in [1.165, 1.54) is 11.1 Å². The predicted octanol–water partition coefficient (Wildman–Crippen LogP) is 5.33. The maximum Gasteiger partial charge on any atom is 0.221 e. The third kappa shape index (κ3) is 6.33. The van der Waals surface area contributed by atoms with Gasteiger partial charge in [-0.3, -0.25) is 9.69 Å². The predicted molar refractivity (Wildman–Crippen MR) is 127 cm³/mol. The maximum atomic E-state index is 12.8. The number of likely N-dealkylation sites (tertiary alicyclic amines) is 1. The first-order valence-corrected chi connectivity index (χ1v) is 11.7. The summed E-state index contributed by atoms with van der Waals surface area (Å²) >= 11 is 0. The van der Waals surface area contributed by atoms with E-state index in [-0.39, 0.29) is 12.1 Å². The lowest BCUT2D eigenvalue weighted by Gasteiger charge is -2.47. The molecular weight excluding hydrogens is 384 g/mol. The molecule has 0 aliphatic carbocycles. The standard InChI is InChI=1S/C27H38N2O2/c1-19(2)17-26(28-27(31)14-13-22-9-6-5-7-10-22)29-16-15-25(20(3)21(29)4)23-11-8-12-24(30)18-23/h5-12,18-21,25-26,30H,13-17H2,1-4H3,(H,28,31)/t20-,21-,25+,26?/m0/s1. The molecule has 2 aromatic carbocycles. The molecule has 1 amide bonds. The molecule has 168 valence electrons. The fraction of sp³-hybridized carbons (Fsp3) is 0.519. The highest BCUT2D eigenvalue weighted by Crippen LogP contribution is 2.38. The minimum atomic E-state index is 0.0610. The highest BCUT2D eigenvalue weighted by atomic mass is 16.3. The molecule has 2 N–H and O–H groups in total. The van der Waals surface area contributed by atoms with Gasteiger partial charge in [-0.25, -0.2) is 0 Å². The fourth-order valence-corrected chi connectivity index (χ4v) is 4.94. The number of carbonyl (C=O) groups is 1. The number of hydrogen-bond acceptors (Lipinski definition) is 3. The lowest BCUT2D eigenvalue weighted by atomic mass is 9.77. The molecule has 4 atom stereocenters. The Bertz CT molecular complexity index is 836. The van der Waals surface area contributed by atoms with Gasteiger partial charge in [0.15, 0.2) is 0 Å². The summed E-state index contributed by atoms with van der Waals surface area (Å²) in [5.74, 6) is 1.83. The van der Waals surface area contributed by atoms with E-state index < -0.39 is 0 Å². The Hall–Kier alpha value is -2.33. The summed E-state index contributed by atoms with van der Waals surface area (Å²) in [6, 6.07) is 18.2. The Balaban J connectivity index is 1.65. The van der Waals surface area contributed by atoms with Crippen LogP contribution in [-0.4, -0.2) is 34.7 Å². The molecule has 0 spiro atoms. The zero-order valence-electron chi connectivity index (χ0n) is 19.4. The van der Waals surface area contributed by atoms with Gasteiger partial charge in [0.05, 0.1) is 6.17 Å². The van der Waals surface area contributed by atoms with Crippen molar-refractivity contribution < 1.29 is 9.90 Å². The Kier molecular flexibility index (Phi) is 8.14. The van der Waals surface area contributed by atoms with Crippen LogP contribution in [0, 0.1) is 11.8 Å². The van der Waals surface area contributed by atoms with Crippen molar-refractivity contribution in [2.24, 2.45) is 11.8 Å². The van der Waals surface area contributed by atoms with Gasteiger partial charge in [-0.2, -0.15) is 0 Å². The highest BCUT2D eigenvalue weighted by Gasteiger charge is 2.37. The van der Waals surface area contributed by atoms with Crippen LogP contribution >= 0.6 is 0 Å². The van der Waals surface area contributed by atoms with E-state index >= 15 is 0 Å². The van der Waals surface area contributed by atoms with Gasteiger partial charge in [-0.1, -0.05) is 63.2 Å². The number of nitrogens with one attached hydrogen (secondary N) is 1. The van der Waals surface area contributed by atoms with E-state index in [0.29, 0.717) is 36.0 Å². The first-order valence-electron chi connectivity index (χ1n) is 11.7. The van der Waals surface area contributed by atoms with Crippen LogP contribution in [-0.2, 0) is 11.2 Å². The highest BCUT2D eigenvalue weighted by molar-refractivity contribution is 5.76. The minimum Gasteiger partial charge on any atom is -0.508 e. The van der Waals surface area contributed by atoms with E-state index in [0.717, 1.165) is 25.8 Å². The first-order chi connectivity index (χ1) is 14.8. The largest absolute Gasteiger partial charge is 0.508 e. The lowest BCUT2D eigenvalue weighted by molar-refractivity contribution is -0.124. The van der Waals surface area contributed by atoms with Crippen LogP contribution in [0.5, 0.6) is 5.75 Å². The summed E-state index contributed by atoms with van der Waals surface area (Å²) in [7, 11) is 0. The van der Waals surface area contributed by atoms with E-state index in [1.807, 2.05) is 30.3 Å². The fourth-order valence-electron chi connectivity index (χ4n) is 4.94. The van der Waals surface area contributed by atoms with Crippen molar-refractivity contribution in [2.75, 3.05) is 6.54 Å². The molecular formula is C27H38N2O2. The average molecular weight is 423 g/mol. The summed E-state index contributed by atoms with van der Waals surface area (Å²) in [6.45, 7) is 9.97. The van der Waals surface area contributed by atoms with Gasteiger partial charge in [-0.15, -0.1) is 0 Å². The van der Waals surface area contributed by atoms with Gasteiger partial charge in [0.1, 0.15) is 5.75 Å². The van der Waals surface area contributed by atoms with Crippen molar-refractivity contribution in [3.05, 3.63) is 65.7 Å². The Morgan fingerprint density at radius 3 is 2.55 bits per heavy atom. The molecule has 1 heterocycles. The second-order valence-electron chi connectivity index (χ2n) is 9.53. The average Bonchev–Trinajstić information content (AvgIpc) is 2.74. The number of phenolic OH excluding ortho intramolecular Hbond substituents is 1. The van der Waals surface area contributed by atoms with Crippen LogP contribution in [0.2, 0.25) is 0 Å². The van der Waals surface area contributed by atoms with Crippen molar-refractivity contribution in [1.82, 2.24) is 10.2 Å². The van der Waals surface area contributed by atoms with Crippen LogP contribution in [0.1, 0.15) is 64.0 Å². The molecule has 1 unspecified atom stereocenters. The maximum absolute atomic E-state index is 12.8. The Labute approximate surface area is 187 Å². The number of amides is 1. The second kappa shape index (κ2) is 10.8. The van der Waals surface area contributed by atoms with Crippen molar-refractivity contribution in [3.63, 3.8) is 0 Å². The zero-order chi connectivity index (χ0) is 22.4. The van der Waals surface area contributed by atoms with Crippen LogP contribution in [0.15, 0.2) is 54.6 Å². The molecule has 4 nitrogen and oxygen atoms in total. The van der Waals surface area contributed by atoms with Gasteiger partial charge in [-0.05, 0) is 67.2 Å². The molecule has 1 saturated heterocycles. The van der Waals surface area contributed by atoms with Crippen molar-refractivity contribution in [2.45, 2.75) is 71.5 Å². The number of carbonyl (C=O) groups excluding carboxylic acids is 1. The number of benzene rings is 2.